The van der Waals surface area contributed by atoms with Crippen LogP contribution in [0.15, 0.2) is 24.3 Å². The van der Waals surface area contributed by atoms with Crippen LogP contribution >= 0.6 is 0 Å². The third-order valence-electron chi connectivity index (χ3n) is 3.27. The molecule has 0 saturated carbocycles. The van der Waals surface area contributed by atoms with Gasteiger partial charge in [0.25, 0.3) is 0 Å². The Labute approximate surface area is 111 Å². The summed E-state index contributed by atoms with van der Waals surface area (Å²) in [4.78, 5) is 0. The van der Waals surface area contributed by atoms with E-state index in [0.717, 1.165) is 25.0 Å². The van der Waals surface area contributed by atoms with Crippen molar-refractivity contribution in [2.45, 2.75) is 31.9 Å². The summed E-state index contributed by atoms with van der Waals surface area (Å²) in [5.41, 5.74) is 8.36. The largest absolute Gasteiger partial charge is 0.377 e. The molecule has 0 amide bonds. The van der Waals surface area contributed by atoms with E-state index in [1.165, 1.54) is 5.56 Å². The first-order valence-electron chi connectivity index (χ1n) is 6.44. The van der Waals surface area contributed by atoms with Gasteiger partial charge in [0.05, 0.1) is 6.10 Å². The number of hydrogen-bond donors (Lipinski definition) is 1. The quantitative estimate of drug-likeness (QED) is 0.887. The van der Waals surface area contributed by atoms with Gasteiger partial charge in [-0.3, -0.25) is 4.21 Å². The maximum Gasteiger partial charge on any atom is 0.0691 e. The van der Waals surface area contributed by atoms with Gasteiger partial charge >= 0.3 is 0 Å². The van der Waals surface area contributed by atoms with E-state index < -0.39 is 10.8 Å². The Morgan fingerprint density at radius 2 is 2.17 bits per heavy atom. The SMILES string of the molecule is Cc1ccc(C(N)CS(=O)CC2CCCO2)cc1. The molecule has 1 aromatic rings. The van der Waals surface area contributed by atoms with E-state index >= 15 is 0 Å². The molecule has 100 valence electrons. The predicted molar refractivity (Wildman–Crippen MR) is 75.0 cm³/mol. The van der Waals surface area contributed by atoms with Gasteiger partial charge in [0.2, 0.25) is 0 Å². The minimum atomic E-state index is -0.896. The second kappa shape index (κ2) is 6.45. The van der Waals surface area contributed by atoms with E-state index in [4.69, 9.17) is 10.5 Å². The van der Waals surface area contributed by atoms with E-state index in [2.05, 4.69) is 0 Å². The average molecular weight is 267 g/mol. The van der Waals surface area contributed by atoms with Gasteiger partial charge in [-0.25, -0.2) is 0 Å². The lowest BCUT2D eigenvalue weighted by atomic mass is 10.1. The van der Waals surface area contributed by atoms with Gasteiger partial charge in [-0.2, -0.15) is 0 Å². The van der Waals surface area contributed by atoms with Crippen molar-refractivity contribution < 1.29 is 8.95 Å². The summed E-state index contributed by atoms with van der Waals surface area (Å²) in [6.07, 6.45) is 2.30. The first-order chi connectivity index (χ1) is 8.65. The molecule has 0 radical (unpaired) electrons. The minimum Gasteiger partial charge on any atom is -0.377 e. The van der Waals surface area contributed by atoms with Crippen LogP contribution in [0.25, 0.3) is 0 Å². The highest BCUT2D eigenvalue weighted by molar-refractivity contribution is 7.85. The van der Waals surface area contributed by atoms with Crippen LogP contribution in [0, 0.1) is 6.92 Å². The van der Waals surface area contributed by atoms with Crippen molar-refractivity contribution >= 4 is 10.8 Å². The number of hydrogen-bond acceptors (Lipinski definition) is 3. The Hall–Kier alpha value is -0.710. The van der Waals surface area contributed by atoms with E-state index in [1.54, 1.807) is 0 Å². The maximum absolute atomic E-state index is 12.0. The molecule has 18 heavy (non-hydrogen) atoms. The smallest absolute Gasteiger partial charge is 0.0691 e. The Morgan fingerprint density at radius 1 is 1.44 bits per heavy atom. The zero-order valence-electron chi connectivity index (χ0n) is 10.8. The molecule has 3 atom stereocenters. The highest BCUT2D eigenvalue weighted by Gasteiger charge is 2.19. The highest BCUT2D eigenvalue weighted by atomic mass is 32.2. The van der Waals surface area contributed by atoms with Gasteiger partial charge in [-0.1, -0.05) is 29.8 Å². The van der Waals surface area contributed by atoms with Gasteiger partial charge in [0.15, 0.2) is 0 Å². The number of rotatable bonds is 5. The molecular formula is C14H21NO2S. The first-order valence-corrected chi connectivity index (χ1v) is 7.92. The molecule has 0 aliphatic carbocycles. The van der Waals surface area contributed by atoms with Crippen molar-refractivity contribution in [1.29, 1.82) is 0 Å². The Kier molecular flexibility index (Phi) is 4.92. The summed E-state index contributed by atoms with van der Waals surface area (Å²) >= 11 is 0. The summed E-state index contributed by atoms with van der Waals surface area (Å²) in [5.74, 6) is 1.14. The van der Waals surface area contributed by atoms with Crippen LogP contribution in [0.5, 0.6) is 0 Å². The molecular weight excluding hydrogens is 246 g/mol. The standard InChI is InChI=1S/C14H21NO2S/c1-11-4-6-12(7-5-11)14(15)10-18(16)9-13-3-2-8-17-13/h4-7,13-14H,2-3,8-10,15H2,1H3. The lowest BCUT2D eigenvalue weighted by Gasteiger charge is -2.14. The van der Waals surface area contributed by atoms with Crippen molar-refractivity contribution in [3.63, 3.8) is 0 Å². The Bertz CT molecular complexity index is 399. The fourth-order valence-corrected chi connectivity index (χ4v) is 3.57. The zero-order chi connectivity index (χ0) is 13.0. The van der Waals surface area contributed by atoms with Gasteiger partial charge in [-0.05, 0) is 25.3 Å². The summed E-state index contributed by atoms with van der Waals surface area (Å²) in [5, 5.41) is 0. The lowest BCUT2D eigenvalue weighted by Crippen LogP contribution is -2.24. The van der Waals surface area contributed by atoms with E-state index in [0.29, 0.717) is 11.5 Å². The molecule has 3 nitrogen and oxygen atoms in total. The normalized spacial score (nSPS) is 22.9. The van der Waals surface area contributed by atoms with Crippen LogP contribution in [0.1, 0.15) is 30.0 Å². The first kappa shape index (κ1) is 13.7. The van der Waals surface area contributed by atoms with Crippen LogP contribution in [0.2, 0.25) is 0 Å². The molecule has 1 saturated heterocycles. The molecule has 0 spiro atoms. The predicted octanol–water partition coefficient (Wildman–Crippen LogP) is 1.92. The van der Waals surface area contributed by atoms with Crippen LogP contribution in [-0.4, -0.2) is 28.4 Å². The average Bonchev–Trinajstić information content (AvgIpc) is 2.82. The fourth-order valence-electron chi connectivity index (χ4n) is 2.16. The second-order valence-corrected chi connectivity index (χ2v) is 6.47. The van der Waals surface area contributed by atoms with Crippen LogP contribution < -0.4 is 5.73 Å². The van der Waals surface area contributed by atoms with Crippen molar-refractivity contribution in [3.05, 3.63) is 35.4 Å². The van der Waals surface area contributed by atoms with Gasteiger partial charge in [0.1, 0.15) is 0 Å². The van der Waals surface area contributed by atoms with Crippen molar-refractivity contribution in [3.8, 4) is 0 Å². The Balaban J connectivity index is 1.84. The van der Waals surface area contributed by atoms with Gasteiger partial charge in [0, 0.05) is 35.0 Å². The molecule has 1 fully saturated rings. The van der Waals surface area contributed by atoms with E-state index in [9.17, 15) is 4.21 Å². The van der Waals surface area contributed by atoms with Crippen molar-refractivity contribution in [2.24, 2.45) is 5.73 Å². The molecule has 1 aliphatic rings. The number of aryl methyl sites for hydroxylation is 1. The van der Waals surface area contributed by atoms with Gasteiger partial charge in [-0.15, -0.1) is 0 Å². The molecule has 4 heteroatoms. The summed E-state index contributed by atoms with van der Waals surface area (Å²) in [6, 6.07) is 7.97. The maximum atomic E-state index is 12.0. The van der Waals surface area contributed by atoms with Crippen LogP contribution in [0.4, 0.5) is 0 Å². The highest BCUT2D eigenvalue weighted by Crippen LogP contribution is 2.16. The summed E-state index contributed by atoms with van der Waals surface area (Å²) in [7, 11) is -0.896. The number of ether oxygens (including phenoxy) is 1. The molecule has 1 aliphatic heterocycles. The number of benzene rings is 1. The monoisotopic (exact) mass is 267 g/mol. The second-order valence-electron chi connectivity index (χ2n) is 4.93. The molecule has 2 rings (SSSR count). The minimum absolute atomic E-state index is 0.146. The third-order valence-corrected chi connectivity index (χ3v) is 4.74. The molecule has 1 heterocycles. The molecule has 3 unspecified atom stereocenters. The molecule has 0 aromatic heterocycles. The van der Waals surface area contributed by atoms with Gasteiger partial charge < -0.3 is 10.5 Å². The number of nitrogens with two attached hydrogens (primary N) is 1. The van der Waals surface area contributed by atoms with Crippen LogP contribution in [0.3, 0.4) is 0 Å². The Morgan fingerprint density at radius 3 is 2.78 bits per heavy atom. The van der Waals surface area contributed by atoms with Crippen molar-refractivity contribution in [1.82, 2.24) is 0 Å². The van der Waals surface area contributed by atoms with E-state index in [-0.39, 0.29) is 12.1 Å². The molecule has 0 bridgehead atoms. The van der Waals surface area contributed by atoms with E-state index in [1.807, 2.05) is 31.2 Å². The summed E-state index contributed by atoms with van der Waals surface area (Å²) in [6.45, 7) is 2.86. The lowest BCUT2D eigenvalue weighted by molar-refractivity contribution is 0.128. The summed E-state index contributed by atoms with van der Waals surface area (Å²) < 4.78 is 17.5. The third kappa shape index (κ3) is 3.90. The molecule has 2 N–H and O–H groups in total. The fraction of sp³-hybridized carbons (Fsp3) is 0.571. The van der Waals surface area contributed by atoms with Crippen LogP contribution in [-0.2, 0) is 15.5 Å². The zero-order valence-corrected chi connectivity index (χ0v) is 11.6. The van der Waals surface area contributed by atoms with Crippen molar-refractivity contribution in [2.75, 3.05) is 18.1 Å². The molecule has 1 aromatic carbocycles. The topological polar surface area (TPSA) is 52.3 Å².